The molecule has 0 N–H and O–H groups in total. The Balaban J connectivity index is 4.72. The Bertz CT molecular complexity index is 311. The molecule has 0 aromatic heterocycles. The van der Waals surface area contributed by atoms with Crippen molar-refractivity contribution in [1.29, 1.82) is 0 Å². The Labute approximate surface area is 120 Å². The maximum atomic E-state index is 12.4. The van der Waals surface area contributed by atoms with Gasteiger partial charge in [0.2, 0.25) is 0 Å². The van der Waals surface area contributed by atoms with Crippen LogP contribution in [0.5, 0.6) is 0 Å². The maximum absolute atomic E-state index is 12.4. The highest BCUT2D eigenvalue weighted by Crippen LogP contribution is 2.40. The summed E-state index contributed by atoms with van der Waals surface area (Å²) >= 11 is 0. The molecule has 0 spiro atoms. The van der Waals surface area contributed by atoms with Crippen LogP contribution in [0.25, 0.3) is 0 Å². The van der Waals surface area contributed by atoms with Gasteiger partial charge in [-0.05, 0) is 51.4 Å². The Morgan fingerprint density at radius 2 is 1.21 bits per heavy atom. The fraction of sp³-hybridized carbons (Fsp3) is 0.941. The van der Waals surface area contributed by atoms with E-state index in [2.05, 4.69) is 41.5 Å². The first kappa shape index (κ1) is 18.5. The van der Waals surface area contributed by atoms with Crippen molar-refractivity contribution in [3.05, 3.63) is 0 Å². The lowest BCUT2D eigenvalue weighted by Crippen LogP contribution is -2.43. The normalized spacial score (nSPS) is 14.4. The van der Waals surface area contributed by atoms with Crippen LogP contribution in [0.3, 0.4) is 0 Å². The van der Waals surface area contributed by atoms with Crippen LogP contribution in [0.1, 0.15) is 82.1 Å². The summed E-state index contributed by atoms with van der Waals surface area (Å²) in [4.78, 5) is 12.4. The number of ether oxygens (including phenoxy) is 1. The van der Waals surface area contributed by atoms with Crippen LogP contribution in [0.2, 0.25) is 0 Å². The van der Waals surface area contributed by atoms with Crippen LogP contribution in [0.4, 0.5) is 0 Å². The molecule has 0 saturated heterocycles. The minimum Gasteiger partial charge on any atom is -0.459 e. The van der Waals surface area contributed by atoms with E-state index in [9.17, 15) is 4.79 Å². The van der Waals surface area contributed by atoms with Gasteiger partial charge in [0, 0.05) is 0 Å². The molecule has 0 aromatic rings. The van der Waals surface area contributed by atoms with Gasteiger partial charge in [-0.2, -0.15) is 0 Å². The lowest BCUT2D eigenvalue weighted by atomic mass is 9.69. The van der Waals surface area contributed by atoms with Crippen LogP contribution in [0, 0.1) is 16.2 Å². The summed E-state index contributed by atoms with van der Waals surface area (Å²) in [6.07, 6.45) is 1.94. The van der Waals surface area contributed by atoms with Gasteiger partial charge in [0.05, 0.1) is 5.41 Å². The summed E-state index contributed by atoms with van der Waals surface area (Å²) in [6.45, 7) is 20.8. The quantitative estimate of drug-likeness (QED) is 0.656. The van der Waals surface area contributed by atoms with Crippen LogP contribution in [0.15, 0.2) is 0 Å². The molecule has 0 unspecified atom stereocenters. The number of rotatable bonds is 4. The summed E-state index contributed by atoms with van der Waals surface area (Å²) in [5.41, 5.74) is -0.716. The van der Waals surface area contributed by atoms with E-state index in [0.717, 1.165) is 12.8 Å². The van der Waals surface area contributed by atoms with Crippen molar-refractivity contribution < 1.29 is 9.53 Å². The number of hydrogen-bond acceptors (Lipinski definition) is 2. The molecule has 0 heterocycles. The predicted molar refractivity (Wildman–Crippen MR) is 82.1 cm³/mol. The van der Waals surface area contributed by atoms with Crippen molar-refractivity contribution in [3.8, 4) is 0 Å². The molecule has 114 valence electrons. The maximum Gasteiger partial charge on any atom is 0.312 e. The van der Waals surface area contributed by atoms with Crippen LogP contribution >= 0.6 is 0 Å². The van der Waals surface area contributed by atoms with Crippen LogP contribution < -0.4 is 0 Å². The summed E-state index contributed by atoms with van der Waals surface area (Å²) in [7, 11) is 0. The van der Waals surface area contributed by atoms with Crippen molar-refractivity contribution in [2.24, 2.45) is 16.2 Å². The van der Waals surface area contributed by atoms with Crippen molar-refractivity contribution >= 4 is 5.97 Å². The largest absolute Gasteiger partial charge is 0.459 e. The molecule has 0 saturated carbocycles. The number of hydrogen-bond donors (Lipinski definition) is 0. The lowest BCUT2D eigenvalue weighted by Gasteiger charge is -2.39. The molecule has 0 atom stereocenters. The molecule has 0 radical (unpaired) electrons. The average Bonchev–Trinajstić information content (AvgIpc) is 2.11. The Morgan fingerprint density at radius 3 is 1.53 bits per heavy atom. The topological polar surface area (TPSA) is 26.3 Å². The van der Waals surface area contributed by atoms with Crippen LogP contribution in [-0.2, 0) is 9.53 Å². The molecule has 0 aliphatic heterocycles. The van der Waals surface area contributed by atoms with Gasteiger partial charge in [0.15, 0.2) is 0 Å². The number of esters is 1. The van der Waals surface area contributed by atoms with Gasteiger partial charge in [-0.25, -0.2) is 0 Å². The van der Waals surface area contributed by atoms with E-state index in [-0.39, 0.29) is 16.8 Å². The van der Waals surface area contributed by atoms with Crippen molar-refractivity contribution in [3.63, 3.8) is 0 Å². The fourth-order valence-electron chi connectivity index (χ4n) is 1.41. The van der Waals surface area contributed by atoms with E-state index in [4.69, 9.17) is 4.74 Å². The minimum absolute atomic E-state index is 0.0982. The standard InChI is InChI=1S/C17H34O2/c1-14(2,3)11-12-16(7,8)19-13(18)17(9,10)15(4,5)6/h11-12H2,1-10H3. The van der Waals surface area contributed by atoms with Gasteiger partial charge in [-0.3, -0.25) is 4.79 Å². The van der Waals surface area contributed by atoms with Crippen molar-refractivity contribution in [2.45, 2.75) is 87.7 Å². The predicted octanol–water partition coefficient (Wildman–Crippen LogP) is 5.21. The first-order valence-electron chi connectivity index (χ1n) is 7.32. The third kappa shape index (κ3) is 5.97. The molecule has 2 nitrogen and oxygen atoms in total. The van der Waals surface area contributed by atoms with Gasteiger partial charge in [-0.15, -0.1) is 0 Å². The van der Waals surface area contributed by atoms with Gasteiger partial charge in [-0.1, -0.05) is 41.5 Å². The number of carbonyl (C=O) groups is 1. The van der Waals surface area contributed by atoms with Crippen LogP contribution in [-0.4, -0.2) is 11.6 Å². The summed E-state index contributed by atoms with van der Waals surface area (Å²) in [6, 6.07) is 0. The fourth-order valence-corrected chi connectivity index (χ4v) is 1.41. The van der Waals surface area contributed by atoms with E-state index < -0.39 is 11.0 Å². The Hall–Kier alpha value is -0.530. The zero-order valence-corrected chi connectivity index (χ0v) is 14.7. The molecule has 0 rings (SSSR count). The van der Waals surface area contributed by atoms with Gasteiger partial charge in [0.25, 0.3) is 0 Å². The monoisotopic (exact) mass is 270 g/mol. The highest BCUT2D eigenvalue weighted by atomic mass is 16.6. The molecule has 0 bridgehead atoms. The molecule has 0 amide bonds. The molecule has 19 heavy (non-hydrogen) atoms. The third-order valence-corrected chi connectivity index (χ3v) is 4.23. The number of carbonyl (C=O) groups excluding carboxylic acids is 1. The van der Waals surface area contributed by atoms with Gasteiger partial charge in [0.1, 0.15) is 5.60 Å². The first-order valence-corrected chi connectivity index (χ1v) is 7.32. The summed E-state index contributed by atoms with van der Waals surface area (Å²) in [5, 5.41) is 0. The first-order chi connectivity index (χ1) is 8.08. The highest BCUT2D eigenvalue weighted by molar-refractivity contribution is 5.77. The van der Waals surface area contributed by atoms with E-state index in [0.29, 0.717) is 0 Å². The lowest BCUT2D eigenvalue weighted by molar-refractivity contribution is -0.174. The molecule has 2 heteroatoms. The van der Waals surface area contributed by atoms with Gasteiger partial charge >= 0.3 is 5.97 Å². The van der Waals surface area contributed by atoms with Gasteiger partial charge < -0.3 is 4.74 Å². The molecule has 0 aliphatic carbocycles. The summed E-state index contributed by atoms with van der Waals surface area (Å²) < 4.78 is 5.79. The SMILES string of the molecule is CC(C)(C)CCC(C)(C)OC(=O)C(C)(C)C(C)(C)C. The highest BCUT2D eigenvalue weighted by Gasteiger charge is 2.43. The molecule has 0 aliphatic rings. The molecular weight excluding hydrogens is 236 g/mol. The Morgan fingerprint density at radius 1 is 0.789 bits per heavy atom. The smallest absolute Gasteiger partial charge is 0.312 e. The van der Waals surface area contributed by atoms with Crippen molar-refractivity contribution in [2.75, 3.05) is 0 Å². The second kappa shape index (κ2) is 5.46. The molecule has 0 aromatic carbocycles. The molecule has 0 fully saturated rings. The minimum atomic E-state index is -0.480. The second-order valence-electron chi connectivity index (χ2n) is 9.08. The van der Waals surface area contributed by atoms with Crippen molar-refractivity contribution in [1.82, 2.24) is 0 Å². The Kier molecular flexibility index (Phi) is 5.30. The van der Waals surface area contributed by atoms with E-state index in [1.165, 1.54) is 0 Å². The van der Waals surface area contributed by atoms with E-state index in [1.807, 2.05) is 27.7 Å². The average molecular weight is 270 g/mol. The third-order valence-electron chi connectivity index (χ3n) is 4.23. The molecular formula is C17H34O2. The zero-order chi connectivity index (χ0) is 15.7. The zero-order valence-electron chi connectivity index (χ0n) is 14.7. The summed E-state index contributed by atoms with van der Waals surface area (Å²) in [5.74, 6) is -0.0982. The van der Waals surface area contributed by atoms with E-state index >= 15 is 0 Å². The van der Waals surface area contributed by atoms with E-state index in [1.54, 1.807) is 0 Å². The second-order valence-corrected chi connectivity index (χ2v) is 9.08.